The highest BCUT2D eigenvalue weighted by molar-refractivity contribution is 5.81. The molecule has 0 spiro atoms. The Balaban J connectivity index is 1.63. The SMILES string of the molecule is Cc1nc(N[C@@H]2CCCNC2)nnc1-c1ccc2c(c1O)CCC2=C(F)F. The molecular formula is C19H21F2N5O. The normalized spacial score (nSPS) is 19.1. The monoisotopic (exact) mass is 373 g/mol. The van der Waals surface area contributed by atoms with Crippen molar-refractivity contribution in [2.24, 2.45) is 0 Å². The molecule has 2 aromatic rings. The van der Waals surface area contributed by atoms with Crippen LogP contribution in [0.2, 0.25) is 0 Å². The molecule has 0 unspecified atom stereocenters. The van der Waals surface area contributed by atoms with E-state index >= 15 is 0 Å². The lowest BCUT2D eigenvalue weighted by molar-refractivity contribution is 0.424. The maximum absolute atomic E-state index is 13.0. The molecule has 8 heteroatoms. The summed E-state index contributed by atoms with van der Waals surface area (Å²) in [4.78, 5) is 4.47. The van der Waals surface area contributed by atoms with Crippen LogP contribution in [-0.2, 0) is 6.42 Å². The van der Waals surface area contributed by atoms with Gasteiger partial charge in [0, 0.05) is 29.3 Å². The Labute approximate surface area is 155 Å². The number of hydrogen-bond acceptors (Lipinski definition) is 6. The zero-order valence-corrected chi connectivity index (χ0v) is 15.0. The predicted octanol–water partition coefficient (Wildman–Crippen LogP) is 3.27. The number of allylic oxidation sites excluding steroid dienone is 1. The van der Waals surface area contributed by atoms with Gasteiger partial charge in [-0.15, -0.1) is 10.2 Å². The average molecular weight is 373 g/mol. The van der Waals surface area contributed by atoms with Crippen LogP contribution in [-0.4, -0.2) is 39.4 Å². The van der Waals surface area contributed by atoms with Crippen LogP contribution < -0.4 is 10.6 Å². The summed E-state index contributed by atoms with van der Waals surface area (Å²) in [5.74, 6) is 0.440. The molecule has 4 rings (SSSR count). The van der Waals surface area contributed by atoms with Crippen LogP contribution in [0, 0.1) is 6.92 Å². The van der Waals surface area contributed by atoms with Gasteiger partial charge in [-0.05, 0) is 50.8 Å². The van der Waals surface area contributed by atoms with Gasteiger partial charge in [0.25, 0.3) is 6.08 Å². The van der Waals surface area contributed by atoms with E-state index in [2.05, 4.69) is 25.8 Å². The lowest BCUT2D eigenvalue weighted by atomic mass is 10.0. The number of benzene rings is 1. The fourth-order valence-corrected chi connectivity index (χ4v) is 3.82. The van der Waals surface area contributed by atoms with Crippen molar-refractivity contribution >= 4 is 11.5 Å². The fourth-order valence-electron chi connectivity index (χ4n) is 3.82. The molecule has 1 saturated heterocycles. The van der Waals surface area contributed by atoms with Gasteiger partial charge in [-0.25, -0.2) is 4.98 Å². The summed E-state index contributed by atoms with van der Waals surface area (Å²) >= 11 is 0. The highest BCUT2D eigenvalue weighted by atomic mass is 19.3. The number of fused-ring (bicyclic) bond motifs is 1. The first-order chi connectivity index (χ1) is 13.0. The summed E-state index contributed by atoms with van der Waals surface area (Å²) in [6.45, 7) is 3.68. The van der Waals surface area contributed by atoms with E-state index < -0.39 is 6.08 Å². The molecule has 2 heterocycles. The van der Waals surface area contributed by atoms with Gasteiger partial charge in [-0.3, -0.25) is 0 Å². The van der Waals surface area contributed by atoms with Crippen molar-refractivity contribution in [1.29, 1.82) is 0 Å². The van der Waals surface area contributed by atoms with Crippen molar-refractivity contribution in [3.05, 3.63) is 35.0 Å². The molecule has 1 aromatic carbocycles. The number of piperidine rings is 1. The van der Waals surface area contributed by atoms with Gasteiger partial charge in [-0.2, -0.15) is 8.78 Å². The van der Waals surface area contributed by atoms with Gasteiger partial charge in [-0.1, -0.05) is 6.07 Å². The summed E-state index contributed by atoms with van der Waals surface area (Å²) in [5, 5.41) is 25.6. The smallest absolute Gasteiger partial charge is 0.274 e. The molecule has 3 N–H and O–H groups in total. The Morgan fingerprint density at radius 1 is 1.22 bits per heavy atom. The molecule has 0 amide bonds. The second-order valence-corrected chi connectivity index (χ2v) is 6.98. The number of aromatic nitrogens is 3. The number of halogens is 2. The largest absolute Gasteiger partial charge is 0.507 e. The second-order valence-electron chi connectivity index (χ2n) is 6.98. The Morgan fingerprint density at radius 2 is 2.04 bits per heavy atom. The molecule has 1 atom stereocenters. The van der Waals surface area contributed by atoms with Gasteiger partial charge in [0.05, 0.1) is 5.69 Å². The Morgan fingerprint density at radius 3 is 2.74 bits per heavy atom. The molecule has 0 bridgehead atoms. The minimum Gasteiger partial charge on any atom is -0.507 e. The van der Waals surface area contributed by atoms with Gasteiger partial charge >= 0.3 is 0 Å². The summed E-state index contributed by atoms with van der Waals surface area (Å²) in [5.41, 5.74) is 2.51. The Bertz CT molecular complexity index is 905. The van der Waals surface area contributed by atoms with Crippen LogP contribution in [0.1, 0.15) is 36.1 Å². The first-order valence-corrected chi connectivity index (χ1v) is 9.13. The molecule has 27 heavy (non-hydrogen) atoms. The van der Waals surface area contributed by atoms with Crippen molar-refractivity contribution < 1.29 is 13.9 Å². The third-order valence-corrected chi connectivity index (χ3v) is 5.21. The van der Waals surface area contributed by atoms with E-state index in [-0.39, 0.29) is 23.8 Å². The molecule has 1 aliphatic carbocycles. The van der Waals surface area contributed by atoms with Crippen LogP contribution in [0.5, 0.6) is 5.75 Å². The quantitative estimate of drug-likeness (QED) is 0.766. The van der Waals surface area contributed by atoms with E-state index in [4.69, 9.17) is 0 Å². The topological polar surface area (TPSA) is 83.0 Å². The number of anilines is 1. The molecule has 1 aromatic heterocycles. The Hall–Kier alpha value is -2.61. The van der Waals surface area contributed by atoms with Crippen molar-refractivity contribution in [2.75, 3.05) is 18.4 Å². The molecular weight excluding hydrogens is 352 g/mol. The summed E-state index contributed by atoms with van der Waals surface area (Å²) in [6.07, 6.45) is 1.07. The van der Waals surface area contributed by atoms with E-state index in [0.717, 1.165) is 25.9 Å². The molecule has 1 fully saturated rings. The molecule has 142 valence electrons. The molecule has 2 aliphatic rings. The highest BCUT2D eigenvalue weighted by Gasteiger charge is 2.26. The number of nitrogens with zero attached hydrogens (tertiary/aromatic N) is 3. The number of rotatable bonds is 3. The number of aryl methyl sites for hydroxylation is 1. The number of phenolic OH excluding ortho intramolecular Hbond substituents is 1. The number of nitrogens with one attached hydrogen (secondary N) is 2. The molecule has 6 nitrogen and oxygen atoms in total. The third kappa shape index (κ3) is 3.37. The lowest BCUT2D eigenvalue weighted by Crippen LogP contribution is -2.38. The van der Waals surface area contributed by atoms with E-state index in [1.54, 1.807) is 19.1 Å². The van der Waals surface area contributed by atoms with E-state index in [1.807, 2.05) is 0 Å². The predicted molar refractivity (Wildman–Crippen MR) is 98.6 cm³/mol. The summed E-state index contributed by atoms with van der Waals surface area (Å²) in [6, 6.07) is 3.49. The van der Waals surface area contributed by atoms with Gasteiger partial charge < -0.3 is 15.7 Å². The lowest BCUT2D eigenvalue weighted by Gasteiger charge is -2.23. The Kier molecular flexibility index (Phi) is 4.73. The number of aromatic hydroxyl groups is 1. The maximum Gasteiger partial charge on any atom is 0.274 e. The van der Waals surface area contributed by atoms with E-state index in [1.165, 1.54) is 0 Å². The number of phenols is 1. The van der Waals surface area contributed by atoms with Gasteiger partial charge in [0.2, 0.25) is 5.95 Å². The summed E-state index contributed by atoms with van der Waals surface area (Å²) < 4.78 is 26.1. The zero-order valence-electron chi connectivity index (χ0n) is 15.0. The number of hydrogen-bond donors (Lipinski definition) is 3. The van der Waals surface area contributed by atoms with Crippen LogP contribution in [0.25, 0.3) is 16.8 Å². The van der Waals surface area contributed by atoms with Gasteiger partial charge in [0.15, 0.2) is 0 Å². The first-order valence-electron chi connectivity index (χ1n) is 9.13. The minimum atomic E-state index is -1.69. The van der Waals surface area contributed by atoms with Crippen LogP contribution in [0.4, 0.5) is 14.7 Å². The first kappa shape index (κ1) is 17.8. The van der Waals surface area contributed by atoms with Crippen molar-refractivity contribution in [2.45, 2.75) is 38.6 Å². The zero-order chi connectivity index (χ0) is 19.0. The molecule has 0 saturated carbocycles. The highest BCUT2D eigenvalue weighted by Crippen LogP contribution is 2.44. The van der Waals surface area contributed by atoms with Crippen molar-refractivity contribution in [1.82, 2.24) is 20.5 Å². The standard InChI is InChI=1S/C19H21F2N5O/c1-10-16(25-26-19(23-10)24-11-3-2-8-22-9-11)15-7-4-12-13(17(15)27)5-6-14(12)18(20)21/h4,7,11,22,27H,2-3,5-6,8-9H2,1H3,(H,23,24,26)/t11-/m1/s1. The second kappa shape index (κ2) is 7.19. The molecule has 1 aliphatic heterocycles. The van der Waals surface area contributed by atoms with Crippen molar-refractivity contribution in [3.63, 3.8) is 0 Å². The fraction of sp³-hybridized carbons (Fsp3) is 0.421. The molecule has 0 radical (unpaired) electrons. The van der Waals surface area contributed by atoms with E-state index in [9.17, 15) is 13.9 Å². The van der Waals surface area contributed by atoms with Gasteiger partial charge in [0.1, 0.15) is 11.4 Å². The van der Waals surface area contributed by atoms with E-state index in [0.29, 0.717) is 40.4 Å². The minimum absolute atomic E-state index is 0.00780. The van der Waals surface area contributed by atoms with Crippen LogP contribution in [0.3, 0.4) is 0 Å². The average Bonchev–Trinajstić information content (AvgIpc) is 3.09. The third-order valence-electron chi connectivity index (χ3n) is 5.21. The van der Waals surface area contributed by atoms with Crippen LogP contribution >= 0.6 is 0 Å². The maximum atomic E-state index is 13.0. The van der Waals surface area contributed by atoms with Crippen molar-refractivity contribution in [3.8, 4) is 17.0 Å². The van der Waals surface area contributed by atoms with Crippen LogP contribution in [0.15, 0.2) is 18.2 Å². The summed E-state index contributed by atoms with van der Waals surface area (Å²) in [7, 11) is 0.